The first-order chi connectivity index (χ1) is 10.8. The van der Waals surface area contributed by atoms with E-state index in [1.807, 2.05) is 6.07 Å². The summed E-state index contributed by atoms with van der Waals surface area (Å²) >= 11 is 5.88. The van der Waals surface area contributed by atoms with Gasteiger partial charge in [-0.25, -0.2) is 8.42 Å². The number of halogens is 1. The van der Waals surface area contributed by atoms with E-state index >= 15 is 0 Å². The second kappa shape index (κ2) is 6.98. The van der Waals surface area contributed by atoms with Crippen LogP contribution in [-0.4, -0.2) is 20.6 Å². The van der Waals surface area contributed by atoms with Gasteiger partial charge >= 0.3 is 0 Å². The highest BCUT2D eigenvalue weighted by atomic mass is 35.5. The highest BCUT2D eigenvalue weighted by Crippen LogP contribution is 2.20. The zero-order chi connectivity index (χ0) is 17.0. The van der Waals surface area contributed by atoms with Gasteiger partial charge in [0.1, 0.15) is 0 Å². The third-order valence-corrected chi connectivity index (χ3v) is 4.52. The highest BCUT2D eigenvalue weighted by molar-refractivity contribution is 7.90. The quantitative estimate of drug-likeness (QED) is 0.856. The minimum Gasteiger partial charge on any atom is -0.322 e. The molecule has 0 aliphatic carbocycles. The van der Waals surface area contributed by atoms with Gasteiger partial charge in [-0.2, -0.15) is 0 Å². The smallest absolute Gasteiger partial charge is 0.248 e. The molecule has 2 aromatic carbocycles. The van der Waals surface area contributed by atoms with Crippen molar-refractivity contribution in [3.63, 3.8) is 0 Å². The van der Waals surface area contributed by atoms with Crippen LogP contribution in [0.4, 0.5) is 5.69 Å². The molecule has 23 heavy (non-hydrogen) atoms. The number of carbonyl (C=O) groups excluding carboxylic acids is 1. The first kappa shape index (κ1) is 17.2. The molecule has 2 rings (SSSR count). The SMILES string of the molecule is Cc1ccc(S(C)(=O)=O)cc1NC(=O)/C=C/c1cccc(Cl)c1. The number of carbonyl (C=O) groups is 1. The monoisotopic (exact) mass is 349 g/mol. The Labute approximate surface area is 140 Å². The molecule has 0 heterocycles. The van der Waals surface area contributed by atoms with Crippen molar-refractivity contribution in [2.45, 2.75) is 11.8 Å². The average molecular weight is 350 g/mol. The summed E-state index contributed by atoms with van der Waals surface area (Å²) in [7, 11) is -3.32. The molecule has 2 aromatic rings. The molecule has 6 heteroatoms. The zero-order valence-electron chi connectivity index (χ0n) is 12.7. The topological polar surface area (TPSA) is 63.2 Å². The van der Waals surface area contributed by atoms with Gasteiger partial charge in [0.25, 0.3) is 0 Å². The Morgan fingerprint density at radius 2 is 1.91 bits per heavy atom. The van der Waals surface area contributed by atoms with Crippen LogP contribution in [0.2, 0.25) is 5.02 Å². The van der Waals surface area contributed by atoms with E-state index in [4.69, 9.17) is 11.6 Å². The average Bonchev–Trinajstić information content (AvgIpc) is 2.46. The van der Waals surface area contributed by atoms with E-state index in [0.717, 1.165) is 17.4 Å². The summed E-state index contributed by atoms with van der Waals surface area (Å²) in [5, 5.41) is 3.27. The predicted molar refractivity (Wildman–Crippen MR) is 93.4 cm³/mol. The van der Waals surface area contributed by atoms with Gasteiger partial charge in [-0.1, -0.05) is 29.8 Å². The Bertz CT molecular complexity index is 873. The van der Waals surface area contributed by atoms with Crippen LogP contribution in [-0.2, 0) is 14.6 Å². The van der Waals surface area contributed by atoms with Crippen LogP contribution < -0.4 is 5.32 Å². The zero-order valence-corrected chi connectivity index (χ0v) is 14.3. The fraction of sp³-hybridized carbons (Fsp3) is 0.118. The van der Waals surface area contributed by atoms with E-state index < -0.39 is 9.84 Å². The lowest BCUT2D eigenvalue weighted by Crippen LogP contribution is -2.10. The normalized spacial score (nSPS) is 11.6. The Morgan fingerprint density at radius 3 is 2.57 bits per heavy atom. The summed E-state index contributed by atoms with van der Waals surface area (Å²) in [4.78, 5) is 12.2. The maximum absolute atomic E-state index is 12.0. The van der Waals surface area contributed by atoms with Gasteiger partial charge in [-0.15, -0.1) is 0 Å². The summed E-state index contributed by atoms with van der Waals surface area (Å²) in [6.45, 7) is 1.79. The Hall–Kier alpha value is -2.11. The van der Waals surface area contributed by atoms with Gasteiger partial charge in [-0.3, -0.25) is 4.79 Å². The number of hydrogen-bond acceptors (Lipinski definition) is 3. The fourth-order valence-electron chi connectivity index (χ4n) is 1.92. The van der Waals surface area contributed by atoms with Crippen molar-refractivity contribution in [2.75, 3.05) is 11.6 Å². The molecular weight excluding hydrogens is 334 g/mol. The summed E-state index contributed by atoms with van der Waals surface area (Å²) in [6, 6.07) is 11.7. The first-order valence-corrected chi connectivity index (χ1v) is 9.08. The van der Waals surface area contributed by atoms with Crippen molar-refractivity contribution in [3.05, 3.63) is 64.7 Å². The maximum Gasteiger partial charge on any atom is 0.248 e. The molecule has 1 amide bonds. The third-order valence-electron chi connectivity index (χ3n) is 3.17. The van der Waals surface area contributed by atoms with Crippen molar-refractivity contribution in [2.24, 2.45) is 0 Å². The van der Waals surface area contributed by atoms with E-state index in [-0.39, 0.29) is 10.8 Å². The molecule has 0 spiro atoms. The van der Waals surface area contributed by atoms with Crippen LogP contribution in [0.15, 0.2) is 53.4 Å². The van der Waals surface area contributed by atoms with E-state index in [0.29, 0.717) is 10.7 Å². The number of aryl methyl sites for hydroxylation is 1. The predicted octanol–water partition coefficient (Wildman–Crippen LogP) is 3.70. The molecular formula is C17H16ClNO3S. The number of hydrogen-bond donors (Lipinski definition) is 1. The number of benzene rings is 2. The molecule has 0 unspecified atom stereocenters. The molecule has 1 N–H and O–H groups in total. The molecule has 120 valence electrons. The first-order valence-electron chi connectivity index (χ1n) is 6.81. The number of anilines is 1. The molecule has 4 nitrogen and oxygen atoms in total. The molecule has 0 atom stereocenters. The van der Waals surface area contributed by atoms with Crippen LogP contribution in [0.5, 0.6) is 0 Å². The second-order valence-corrected chi connectivity index (χ2v) is 7.58. The molecule has 0 fully saturated rings. The molecule has 0 radical (unpaired) electrons. The van der Waals surface area contributed by atoms with Crippen LogP contribution in [0, 0.1) is 6.92 Å². The van der Waals surface area contributed by atoms with E-state index in [2.05, 4.69) is 5.32 Å². The van der Waals surface area contributed by atoms with Crippen LogP contribution >= 0.6 is 11.6 Å². The summed E-state index contributed by atoms with van der Waals surface area (Å²) in [6.07, 6.45) is 4.14. The highest BCUT2D eigenvalue weighted by Gasteiger charge is 2.10. The minimum absolute atomic E-state index is 0.164. The lowest BCUT2D eigenvalue weighted by molar-refractivity contribution is -0.111. The van der Waals surface area contributed by atoms with Gasteiger partial charge in [-0.05, 0) is 48.4 Å². The van der Waals surface area contributed by atoms with Gasteiger partial charge < -0.3 is 5.32 Å². The minimum atomic E-state index is -3.32. The lowest BCUT2D eigenvalue weighted by atomic mass is 10.2. The third kappa shape index (κ3) is 4.94. The van der Waals surface area contributed by atoms with Crippen LogP contribution in [0.3, 0.4) is 0 Å². The van der Waals surface area contributed by atoms with Gasteiger partial charge in [0.2, 0.25) is 5.91 Å². The fourth-order valence-corrected chi connectivity index (χ4v) is 2.77. The van der Waals surface area contributed by atoms with Gasteiger partial charge in [0, 0.05) is 23.0 Å². The van der Waals surface area contributed by atoms with E-state index in [1.54, 1.807) is 37.3 Å². The van der Waals surface area contributed by atoms with Crippen molar-refractivity contribution >= 4 is 39.1 Å². The molecule has 0 saturated heterocycles. The van der Waals surface area contributed by atoms with E-state index in [9.17, 15) is 13.2 Å². The summed E-state index contributed by atoms with van der Waals surface area (Å²) in [5.41, 5.74) is 2.05. The maximum atomic E-state index is 12.0. The molecule has 0 saturated carbocycles. The standard InChI is InChI=1S/C17H16ClNO3S/c1-12-6-8-15(23(2,21)22)11-16(12)19-17(20)9-7-13-4-3-5-14(18)10-13/h3-11H,1-2H3,(H,19,20)/b9-7+. The Balaban J connectivity index is 2.17. The van der Waals surface area contributed by atoms with Crippen LogP contribution in [0.25, 0.3) is 6.08 Å². The molecule has 0 aliphatic heterocycles. The summed E-state index contributed by atoms with van der Waals surface area (Å²) < 4.78 is 23.2. The largest absolute Gasteiger partial charge is 0.322 e. The van der Waals surface area contributed by atoms with Gasteiger partial charge in [0.05, 0.1) is 4.90 Å². The number of rotatable bonds is 4. The Morgan fingerprint density at radius 1 is 1.17 bits per heavy atom. The van der Waals surface area contributed by atoms with Crippen LogP contribution in [0.1, 0.15) is 11.1 Å². The van der Waals surface area contributed by atoms with Crippen molar-refractivity contribution in [1.29, 1.82) is 0 Å². The molecule has 0 aromatic heterocycles. The van der Waals surface area contributed by atoms with Crippen molar-refractivity contribution < 1.29 is 13.2 Å². The number of nitrogens with one attached hydrogen (secondary N) is 1. The number of amides is 1. The second-order valence-electron chi connectivity index (χ2n) is 5.13. The van der Waals surface area contributed by atoms with Crippen molar-refractivity contribution in [3.8, 4) is 0 Å². The van der Waals surface area contributed by atoms with E-state index in [1.165, 1.54) is 18.2 Å². The Kier molecular flexibility index (Phi) is 5.23. The van der Waals surface area contributed by atoms with Crippen molar-refractivity contribution in [1.82, 2.24) is 0 Å². The summed E-state index contributed by atoms with van der Waals surface area (Å²) in [5.74, 6) is -0.348. The lowest BCUT2D eigenvalue weighted by Gasteiger charge is -2.08. The molecule has 0 aliphatic rings. The number of sulfone groups is 1. The van der Waals surface area contributed by atoms with Gasteiger partial charge in [0.15, 0.2) is 9.84 Å². The molecule has 0 bridgehead atoms.